The van der Waals surface area contributed by atoms with Crippen LogP contribution in [-0.2, 0) is 0 Å². The van der Waals surface area contributed by atoms with Crippen molar-refractivity contribution in [3.05, 3.63) is 47.5 Å². The second kappa shape index (κ2) is 5.66. The summed E-state index contributed by atoms with van der Waals surface area (Å²) in [4.78, 5) is 11.2. The number of methoxy groups -OCH3 is 1. The molecular formula is C14H12F2N2O3. The Morgan fingerprint density at radius 1 is 1.05 bits per heavy atom. The van der Waals surface area contributed by atoms with Gasteiger partial charge < -0.3 is 20.9 Å². The zero-order valence-electron chi connectivity index (χ0n) is 11.0. The van der Waals surface area contributed by atoms with Gasteiger partial charge in [0.05, 0.1) is 7.11 Å². The summed E-state index contributed by atoms with van der Waals surface area (Å²) >= 11 is 0. The summed E-state index contributed by atoms with van der Waals surface area (Å²) in [6.45, 7) is 0. The molecule has 4 N–H and O–H groups in total. The molecule has 0 aliphatic rings. The van der Waals surface area contributed by atoms with E-state index in [1.165, 1.54) is 25.3 Å². The Bertz CT molecular complexity index is 682. The number of primary amides is 1. The third-order valence-electron chi connectivity index (χ3n) is 2.64. The van der Waals surface area contributed by atoms with E-state index in [1.54, 1.807) is 0 Å². The average Bonchev–Trinajstić information content (AvgIpc) is 2.42. The molecule has 0 aromatic heterocycles. The van der Waals surface area contributed by atoms with Gasteiger partial charge in [-0.15, -0.1) is 0 Å². The highest BCUT2D eigenvalue weighted by atomic mass is 19.1. The molecule has 0 unspecified atom stereocenters. The summed E-state index contributed by atoms with van der Waals surface area (Å²) in [7, 11) is 1.37. The van der Waals surface area contributed by atoms with Gasteiger partial charge in [-0.1, -0.05) is 0 Å². The minimum Gasteiger partial charge on any atom is -0.497 e. The lowest BCUT2D eigenvalue weighted by Crippen LogP contribution is -2.11. The van der Waals surface area contributed by atoms with Gasteiger partial charge in [-0.05, 0) is 12.1 Å². The van der Waals surface area contributed by atoms with Gasteiger partial charge >= 0.3 is 0 Å². The highest BCUT2D eigenvalue weighted by Gasteiger charge is 2.15. The first-order valence-electron chi connectivity index (χ1n) is 5.82. The van der Waals surface area contributed by atoms with Crippen molar-refractivity contribution in [1.82, 2.24) is 0 Å². The molecule has 0 atom stereocenters. The summed E-state index contributed by atoms with van der Waals surface area (Å²) < 4.78 is 37.4. The third kappa shape index (κ3) is 3.19. The molecule has 0 bridgehead atoms. The lowest BCUT2D eigenvalue weighted by atomic mass is 10.2. The maximum atomic E-state index is 13.7. The van der Waals surface area contributed by atoms with Crippen molar-refractivity contribution in [3.8, 4) is 17.2 Å². The topological polar surface area (TPSA) is 87.6 Å². The van der Waals surface area contributed by atoms with Crippen molar-refractivity contribution in [2.45, 2.75) is 0 Å². The first-order chi connectivity index (χ1) is 9.90. The molecule has 0 spiro atoms. The summed E-state index contributed by atoms with van der Waals surface area (Å²) in [6.07, 6.45) is 0. The summed E-state index contributed by atoms with van der Waals surface area (Å²) in [5, 5.41) is 0. The van der Waals surface area contributed by atoms with E-state index in [0.717, 1.165) is 12.1 Å². The van der Waals surface area contributed by atoms with E-state index >= 15 is 0 Å². The highest BCUT2D eigenvalue weighted by Crippen LogP contribution is 2.32. The zero-order valence-corrected chi connectivity index (χ0v) is 11.0. The predicted molar refractivity (Wildman–Crippen MR) is 72.4 cm³/mol. The molecule has 0 heterocycles. The van der Waals surface area contributed by atoms with Crippen LogP contribution in [0.1, 0.15) is 10.4 Å². The third-order valence-corrected chi connectivity index (χ3v) is 2.64. The number of carbonyl (C=O) groups excluding carboxylic acids is 1. The number of nitrogen functional groups attached to an aromatic ring is 1. The van der Waals surface area contributed by atoms with E-state index in [0.29, 0.717) is 0 Å². The van der Waals surface area contributed by atoms with Gasteiger partial charge in [-0.25, -0.2) is 8.78 Å². The quantitative estimate of drug-likeness (QED) is 0.848. The first kappa shape index (κ1) is 14.6. The molecule has 0 aliphatic carbocycles. The van der Waals surface area contributed by atoms with Crippen molar-refractivity contribution in [3.63, 3.8) is 0 Å². The number of amides is 1. The molecule has 0 aliphatic heterocycles. The fourth-order valence-electron chi connectivity index (χ4n) is 1.69. The van der Waals surface area contributed by atoms with Gasteiger partial charge in [0.1, 0.15) is 11.5 Å². The minimum absolute atomic E-state index is 0.00530. The van der Waals surface area contributed by atoms with E-state index in [-0.39, 0.29) is 22.7 Å². The molecule has 0 saturated carbocycles. The molecule has 0 fully saturated rings. The molecule has 2 aromatic carbocycles. The van der Waals surface area contributed by atoms with Crippen LogP contribution in [0.4, 0.5) is 14.5 Å². The lowest BCUT2D eigenvalue weighted by molar-refractivity contribution is 0.0999. The van der Waals surface area contributed by atoms with Crippen LogP contribution in [0.15, 0.2) is 30.3 Å². The maximum absolute atomic E-state index is 13.7. The number of hydrogen-bond acceptors (Lipinski definition) is 4. The van der Waals surface area contributed by atoms with E-state index in [4.69, 9.17) is 20.9 Å². The van der Waals surface area contributed by atoms with E-state index in [9.17, 15) is 13.6 Å². The Morgan fingerprint density at radius 2 is 1.62 bits per heavy atom. The molecule has 2 rings (SSSR count). The van der Waals surface area contributed by atoms with E-state index in [2.05, 4.69) is 0 Å². The second-order valence-corrected chi connectivity index (χ2v) is 4.18. The van der Waals surface area contributed by atoms with E-state index in [1.807, 2.05) is 0 Å². The van der Waals surface area contributed by atoms with Crippen LogP contribution in [0.25, 0.3) is 0 Å². The zero-order chi connectivity index (χ0) is 15.6. The summed E-state index contributed by atoms with van der Waals surface area (Å²) in [6, 6.07) is 5.84. The van der Waals surface area contributed by atoms with Crippen molar-refractivity contribution in [2.75, 3.05) is 12.8 Å². The van der Waals surface area contributed by atoms with Gasteiger partial charge in [-0.2, -0.15) is 0 Å². The number of halogens is 2. The Morgan fingerprint density at radius 3 is 2.14 bits per heavy atom. The number of rotatable bonds is 4. The molecule has 7 heteroatoms. The van der Waals surface area contributed by atoms with Crippen LogP contribution in [0.3, 0.4) is 0 Å². The van der Waals surface area contributed by atoms with Gasteiger partial charge in [0.15, 0.2) is 17.4 Å². The van der Waals surface area contributed by atoms with Crippen molar-refractivity contribution in [1.29, 1.82) is 0 Å². The Hall–Kier alpha value is -2.83. The van der Waals surface area contributed by atoms with Gasteiger partial charge in [0.2, 0.25) is 5.91 Å². The standard InChI is InChI=1S/C14H12F2N2O3/c1-20-9-2-7(14(18)19)3-10(6-9)21-13-11(15)4-8(17)5-12(13)16/h2-6H,17H2,1H3,(H2,18,19). The molecule has 0 saturated heterocycles. The normalized spacial score (nSPS) is 10.2. The fraction of sp³-hybridized carbons (Fsp3) is 0.0714. The smallest absolute Gasteiger partial charge is 0.248 e. The first-order valence-corrected chi connectivity index (χ1v) is 5.82. The maximum Gasteiger partial charge on any atom is 0.248 e. The van der Waals surface area contributed by atoms with Crippen molar-refractivity contribution >= 4 is 11.6 Å². The minimum atomic E-state index is -0.962. The Labute approximate surface area is 119 Å². The number of ether oxygens (including phenoxy) is 2. The molecule has 0 radical (unpaired) electrons. The number of nitrogens with two attached hydrogens (primary N) is 2. The van der Waals surface area contributed by atoms with Crippen LogP contribution in [0.5, 0.6) is 17.2 Å². The van der Waals surface area contributed by atoms with Crippen LogP contribution in [0, 0.1) is 11.6 Å². The number of anilines is 1. The Kier molecular flexibility index (Phi) is 3.93. The molecule has 1 amide bonds. The van der Waals surface area contributed by atoms with Gasteiger partial charge in [0, 0.05) is 29.4 Å². The summed E-state index contributed by atoms with van der Waals surface area (Å²) in [5.74, 6) is -3.01. The number of benzene rings is 2. The molecule has 5 nitrogen and oxygen atoms in total. The number of hydrogen-bond donors (Lipinski definition) is 2. The van der Waals surface area contributed by atoms with Crippen molar-refractivity contribution < 1.29 is 23.0 Å². The molecule has 2 aromatic rings. The van der Waals surface area contributed by atoms with Gasteiger partial charge in [-0.3, -0.25) is 4.79 Å². The Balaban J connectivity index is 2.44. The van der Waals surface area contributed by atoms with Crippen LogP contribution >= 0.6 is 0 Å². The fourth-order valence-corrected chi connectivity index (χ4v) is 1.69. The van der Waals surface area contributed by atoms with Gasteiger partial charge in [0.25, 0.3) is 0 Å². The second-order valence-electron chi connectivity index (χ2n) is 4.18. The largest absolute Gasteiger partial charge is 0.497 e. The summed E-state index contributed by atoms with van der Waals surface area (Å²) in [5.41, 5.74) is 10.5. The van der Waals surface area contributed by atoms with Crippen LogP contribution in [0.2, 0.25) is 0 Å². The van der Waals surface area contributed by atoms with Crippen LogP contribution < -0.4 is 20.9 Å². The van der Waals surface area contributed by atoms with E-state index < -0.39 is 23.3 Å². The SMILES string of the molecule is COc1cc(Oc2c(F)cc(N)cc2F)cc(C(N)=O)c1. The molecule has 110 valence electrons. The predicted octanol–water partition coefficient (Wildman–Crippen LogP) is 2.45. The highest BCUT2D eigenvalue weighted by molar-refractivity contribution is 5.93. The van der Waals surface area contributed by atoms with Crippen molar-refractivity contribution in [2.24, 2.45) is 5.73 Å². The average molecular weight is 294 g/mol. The number of carbonyl (C=O) groups is 1. The monoisotopic (exact) mass is 294 g/mol. The van der Waals surface area contributed by atoms with Crippen LogP contribution in [-0.4, -0.2) is 13.0 Å². The molecular weight excluding hydrogens is 282 g/mol. The lowest BCUT2D eigenvalue weighted by Gasteiger charge is -2.11. The molecule has 21 heavy (non-hydrogen) atoms.